The summed E-state index contributed by atoms with van der Waals surface area (Å²) >= 11 is 0. The highest BCUT2D eigenvalue weighted by Crippen LogP contribution is 2.55. The molecule has 4 aliphatic rings. The van der Waals surface area contributed by atoms with E-state index in [0.29, 0.717) is 45.6 Å². The molecule has 8 heteroatoms. The number of phenols is 2. The van der Waals surface area contributed by atoms with Crippen molar-refractivity contribution in [3.63, 3.8) is 0 Å². The molecular weight excluding hydrogens is 789 g/mol. The summed E-state index contributed by atoms with van der Waals surface area (Å²) in [5, 5.41) is 24.6. The molecule has 8 nitrogen and oxygen atoms in total. The van der Waals surface area contributed by atoms with Crippen molar-refractivity contribution in [3.8, 4) is 46.0 Å². The fraction of sp³-hybridized carbons (Fsp3) is 0.127. The maximum absolute atomic E-state index is 12.3. The summed E-state index contributed by atoms with van der Waals surface area (Å²) in [6, 6.07) is 56.8. The zero-order chi connectivity index (χ0) is 42.0. The van der Waals surface area contributed by atoms with Crippen molar-refractivity contribution in [2.24, 2.45) is 0 Å². The van der Waals surface area contributed by atoms with Gasteiger partial charge in [-0.1, -0.05) is 121 Å². The predicted octanol–water partition coefficient (Wildman–Crippen LogP) is 11.3. The Morgan fingerprint density at radius 3 is 0.762 bits per heavy atom. The van der Waals surface area contributed by atoms with Crippen molar-refractivity contribution in [2.75, 3.05) is 20.4 Å². The van der Waals surface area contributed by atoms with Gasteiger partial charge in [0.2, 0.25) is 20.4 Å². The molecule has 308 valence electrons. The van der Waals surface area contributed by atoms with Gasteiger partial charge in [-0.15, -0.1) is 0 Å². The molecule has 0 unspecified atom stereocenters. The van der Waals surface area contributed by atoms with E-state index in [-0.39, 0.29) is 37.8 Å². The van der Waals surface area contributed by atoms with Crippen LogP contribution in [0.1, 0.15) is 90.4 Å². The Hall–Kier alpha value is -7.84. The largest absolute Gasteiger partial charge is 0.507 e. The highest BCUT2D eigenvalue weighted by molar-refractivity contribution is 5.68. The molecule has 8 bridgehead atoms. The lowest BCUT2D eigenvalue weighted by Gasteiger charge is -2.34. The van der Waals surface area contributed by atoms with Crippen molar-refractivity contribution in [1.82, 2.24) is 0 Å². The normalized spacial score (nSPS) is 18.9. The summed E-state index contributed by atoms with van der Waals surface area (Å²) in [4.78, 5) is 0. The second-order valence-corrected chi connectivity index (χ2v) is 16.3. The molecule has 2 N–H and O–H groups in total. The van der Waals surface area contributed by atoms with Crippen LogP contribution in [-0.2, 0) is 0 Å². The summed E-state index contributed by atoms with van der Waals surface area (Å²) in [5.41, 5.74) is 10.5. The van der Waals surface area contributed by atoms with E-state index in [1.54, 1.807) is 12.1 Å². The predicted molar refractivity (Wildman–Crippen MR) is 237 cm³/mol. The number of aromatic hydroxyl groups is 2. The molecule has 0 amide bonds. The molecule has 3 heterocycles. The first kappa shape index (κ1) is 37.0. The average molecular weight is 829 g/mol. The van der Waals surface area contributed by atoms with Gasteiger partial charge >= 0.3 is 0 Å². The lowest BCUT2D eigenvalue weighted by atomic mass is 9.75. The van der Waals surface area contributed by atoms with E-state index >= 15 is 0 Å². The number of phenolic OH excluding ortho intramolecular Hbond substituents is 2. The van der Waals surface area contributed by atoms with Crippen LogP contribution in [0.2, 0.25) is 0 Å². The van der Waals surface area contributed by atoms with E-state index in [2.05, 4.69) is 60.7 Å². The van der Waals surface area contributed by atoms with Crippen molar-refractivity contribution in [2.45, 2.75) is 23.7 Å². The lowest BCUT2D eigenvalue weighted by Crippen LogP contribution is -2.21. The Kier molecular flexibility index (Phi) is 8.78. The summed E-state index contributed by atoms with van der Waals surface area (Å²) in [7, 11) is 0. The van der Waals surface area contributed by atoms with Crippen LogP contribution in [0, 0.1) is 0 Å². The van der Waals surface area contributed by atoms with Crippen LogP contribution < -0.4 is 28.4 Å². The Labute approximate surface area is 364 Å². The molecule has 8 aromatic rings. The maximum atomic E-state index is 12.3. The van der Waals surface area contributed by atoms with Crippen molar-refractivity contribution < 1.29 is 38.6 Å². The fourth-order valence-corrected chi connectivity index (χ4v) is 10.1. The summed E-state index contributed by atoms with van der Waals surface area (Å²) in [6.07, 6.45) is 0. The summed E-state index contributed by atoms with van der Waals surface area (Å²) in [5.74, 6) is 1.61. The standard InChI is InChI=1S/C55H40O8/c56-44-25-46-38-21-36(44)52(32-13-5-1-6-14-32)37-22-39-47(26-45(37)57)59-30-61-49-28-51-43(24-41(49)54(39)34-17-9-3-10-18-34)55(35-19-11-4-12-20-35)42-23-40(53(38)33-15-7-2-8-16-33)48(60-29-58-46)27-50(42)62-31-63-51/h1-28,52-57H,29-31H2/t52?,53-,54-,55?/m1/s1. The topological polar surface area (TPSA) is 95.8 Å². The smallest absolute Gasteiger partial charge is 0.230 e. The van der Waals surface area contributed by atoms with Crippen LogP contribution in [-0.4, -0.2) is 30.6 Å². The molecule has 0 saturated heterocycles. The van der Waals surface area contributed by atoms with Gasteiger partial charge in [0.05, 0.1) is 0 Å². The molecule has 63 heavy (non-hydrogen) atoms. The minimum atomic E-state index is -0.629. The van der Waals surface area contributed by atoms with E-state index in [1.807, 2.05) is 97.1 Å². The summed E-state index contributed by atoms with van der Waals surface area (Å²) < 4.78 is 39.0. The first-order valence-electron chi connectivity index (χ1n) is 21.1. The number of benzene rings is 8. The molecule has 0 spiro atoms. The third kappa shape index (κ3) is 6.20. The number of ether oxygens (including phenoxy) is 6. The molecule has 0 saturated carbocycles. The SMILES string of the molecule is Oc1cc2c3cc1C(c1ccccc1)c1cc4c(cc1O)OCOc1cc5c(cc1[C@@H]4c1ccccc1)C(c1ccccc1)c1cc(c(cc1OCO5)OCO2)[C@@H]3c1ccccc1. The van der Waals surface area contributed by atoms with Crippen molar-refractivity contribution in [3.05, 3.63) is 237 Å². The van der Waals surface area contributed by atoms with Crippen LogP contribution in [0.15, 0.2) is 170 Å². The Morgan fingerprint density at radius 2 is 0.492 bits per heavy atom. The Bertz CT molecular complexity index is 2860. The fourth-order valence-electron chi connectivity index (χ4n) is 10.1. The second kappa shape index (κ2) is 15.0. The molecule has 0 aromatic heterocycles. The highest BCUT2D eigenvalue weighted by Gasteiger charge is 2.38. The molecule has 12 rings (SSSR count). The van der Waals surface area contributed by atoms with Gasteiger partial charge in [-0.25, -0.2) is 0 Å². The molecular formula is C55H40O8. The minimum absolute atomic E-state index is 0.0185. The van der Waals surface area contributed by atoms with Gasteiger partial charge in [-0.05, 0) is 46.5 Å². The van der Waals surface area contributed by atoms with Crippen LogP contribution in [0.4, 0.5) is 0 Å². The number of hydrogen-bond donors (Lipinski definition) is 2. The molecule has 3 aliphatic heterocycles. The average Bonchev–Trinajstić information content (AvgIpc) is 3.30. The van der Waals surface area contributed by atoms with Crippen molar-refractivity contribution in [1.29, 1.82) is 0 Å². The molecule has 0 radical (unpaired) electrons. The molecule has 2 atom stereocenters. The number of rotatable bonds is 4. The van der Waals surface area contributed by atoms with E-state index in [0.717, 1.165) is 55.6 Å². The quantitative estimate of drug-likeness (QED) is 0.181. The summed E-state index contributed by atoms with van der Waals surface area (Å²) in [6.45, 7) is -0.281. The molecule has 8 aromatic carbocycles. The monoisotopic (exact) mass is 828 g/mol. The van der Waals surface area contributed by atoms with Gasteiger partial charge in [-0.3, -0.25) is 0 Å². The highest BCUT2D eigenvalue weighted by atomic mass is 16.7. The van der Waals surface area contributed by atoms with E-state index in [4.69, 9.17) is 28.4 Å². The number of fused-ring (bicyclic) bond motifs is 2. The van der Waals surface area contributed by atoms with Gasteiger partial charge in [0.15, 0.2) is 0 Å². The van der Waals surface area contributed by atoms with E-state index in [9.17, 15) is 10.2 Å². The molecule has 0 fully saturated rings. The first-order chi connectivity index (χ1) is 31.1. The third-order valence-corrected chi connectivity index (χ3v) is 12.9. The van der Waals surface area contributed by atoms with Crippen LogP contribution in [0.5, 0.6) is 46.0 Å². The first-order valence-corrected chi connectivity index (χ1v) is 21.1. The minimum Gasteiger partial charge on any atom is -0.507 e. The Morgan fingerprint density at radius 1 is 0.270 bits per heavy atom. The Balaban J connectivity index is 1.26. The molecule has 1 aliphatic carbocycles. The number of hydrogen-bond acceptors (Lipinski definition) is 8. The van der Waals surface area contributed by atoms with E-state index < -0.39 is 17.8 Å². The maximum Gasteiger partial charge on any atom is 0.230 e. The van der Waals surface area contributed by atoms with Gasteiger partial charge in [0.25, 0.3) is 0 Å². The zero-order valence-electron chi connectivity index (χ0n) is 33.9. The second-order valence-electron chi connectivity index (χ2n) is 16.3. The third-order valence-electron chi connectivity index (χ3n) is 12.9. The van der Waals surface area contributed by atoms with Crippen LogP contribution >= 0.6 is 0 Å². The lowest BCUT2D eigenvalue weighted by molar-refractivity contribution is 0.104. The van der Waals surface area contributed by atoms with Gasteiger partial charge in [0.1, 0.15) is 46.0 Å². The zero-order valence-corrected chi connectivity index (χ0v) is 33.9. The van der Waals surface area contributed by atoms with Crippen molar-refractivity contribution >= 4 is 0 Å². The van der Waals surface area contributed by atoms with Gasteiger partial charge < -0.3 is 38.6 Å². The van der Waals surface area contributed by atoms with Gasteiger partial charge in [-0.2, -0.15) is 0 Å². The van der Waals surface area contributed by atoms with Crippen LogP contribution in [0.3, 0.4) is 0 Å². The van der Waals surface area contributed by atoms with Crippen LogP contribution in [0.25, 0.3) is 0 Å². The van der Waals surface area contributed by atoms with Gasteiger partial charge in [0, 0.05) is 92.4 Å². The van der Waals surface area contributed by atoms with E-state index in [1.165, 1.54) is 0 Å².